The number of rotatable bonds is 5. The molecule has 80 valence electrons. The molecule has 0 aliphatic heterocycles. The van der Waals surface area contributed by atoms with Crippen molar-refractivity contribution in [1.29, 1.82) is 0 Å². The number of aromatic nitrogens is 3. The number of thiazole rings is 1. The SMILES string of the molecule is Clc1cnc(CNCCn2cccn2)s1. The Hall–Kier alpha value is -0.910. The Balaban J connectivity index is 1.67. The molecule has 0 amide bonds. The van der Waals surface area contributed by atoms with Crippen LogP contribution in [-0.4, -0.2) is 21.3 Å². The molecule has 0 aromatic carbocycles. The first-order valence-corrected chi connectivity index (χ1v) is 5.82. The maximum Gasteiger partial charge on any atom is 0.113 e. The van der Waals surface area contributed by atoms with Crippen LogP contribution in [0.1, 0.15) is 5.01 Å². The molecular weight excluding hydrogens is 232 g/mol. The van der Waals surface area contributed by atoms with E-state index in [-0.39, 0.29) is 0 Å². The monoisotopic (exact) mass is 242 g/mol. The Morgan fingerprint density at radius 2 is 2.47 bits per heavy atom. The van der Waals surface area contributed by atoms with Crippen LogP contribution in [0.5, 0.6) is 0 Å². The minimum Gasteiger partial charge on any atom is -0.309 e. The van der Waals surface area contributed by atoms with Gasteiger partial charge in [-0.1, -0.05) is 11.6 Å². The Labute approximate surface area is 96.9 Å². The fourth-order valence-electron chi connectivity index (χ4n) is 1.19. The van der Waals surface area contributed by atoms with Gasteiger partial charge in [-0.2, -0.15) is 5.10 Å². The van der Waals surface area contributed by atoms with Gasteiger partial charge in [0, 0.05) is 25.5 Å². The molecule has 0 spiro atoms. The van der Waals surface area contributed by atoms with E-state index in [1.165, 1.54) is 11.3 Å². The lowest BCUT2D eigenvalue weighted by Gasteiger charge is -2.02. The van der Waals surface area contributed by atoms with E-state index in [1.54, 1.807) is 12.4 Å². The van der Waals surface area contributed by atoms with E-state index in [4.69, 9.17) is 11.6 Å². The van der Waals surface area contributed by atoms with Gasteiger partial charge in [0.2, 0.25) is 0 Å². The molecule has 2 aromatic rings. The second kappa shape index (κ2) is 5.25. The predicted octanol–water partition coefficient (Wildman–Crippen LogP) is 1.78. The summed E-state index contributed by atoms with van der Waals surface area (Å²) in [5, 5.41) is 8.40. The summed E-state index contributed by atoms with van der Waals surface area (Å²) in [5.74, 6) is 0. The van der Waals surface area contributed by atoms with Crippen LogP contribution in [0.2, 0.25) is 4.34 Å². The number of nitrogens with one attached hydrogen (secondary N) is 1. The van der Waals surface area contributed by atoms with Crippen molar-refractivity contribution < 1.29 is 0 Å². The Bertz CT molecular complexity index is 398. The average Bonchev–Trinajstić information content (AvgIpc) is 2.84. The van der Waals surface area contributed by atoms with Gasteiger partial charge >= 0.3 is 0 Å². The third kappa shape index (κ3) is 3.30. The van der Waals surface area contributed by atoms with Crippen molar-refractivity contribution in [1.82, 2.24) is 20.1 Å². The molecule has 0 aliphatic rings. The van der Waals surface area contributed by atoms with Crippen LogP contribution in [-0.2, 0) is 13.1 Å². The highest BCUT2D eigenvalue weighted by atomic mass is 35.5. The molecule has 6 heteroatoms. The largest absolute Gasteiger partial charge is 0.309 e. The first kappa shape index (κ1) is 10.6. The molecule has 2 rings (SSSR count). The van der Waals surface area contributed by atoms with Crippen molar-refractivity contribution in [3.8, 4) is 0 Å². The van der Waals surface area contributed by atoms with Gasteiger partial charge in [-0.25, -0.2) is 4.98 Å². The van der Waals surface area contributed by atoms with Gasteiger partial charge in [-0.05, 0) is 6.07 Å². The quantitative estimate of drug-likeness (QED) is 0.813. The molecule has 2 aromatic heterocycles. The zero-order valence-electron chi connectivity index (χ0n) is 8.06. The second-order valence-electron chi connectivity index (χ2n) is 3.00. The summed E-state index contributed by atoms with van der Waals surface area (Å²) in [6.45, 7) is 2.50. The third-order valence-electron chi connectivity index (χ3n) is 1.88. The van der Waals surface area contributed by atoms with Crippen molar-refractivity contribution >= 4 is 22.9 Å². The summed E-state index contributed by atoms with van der Waals surface area (Å²) in [4.78, 5) is 4.15. The average molecular weight is 243 g/mol. The van der Waals surface area contributed by atoms with Crippen LogP contribution in [0.25, 0.3) is 0 Å². The maximum atomic E-state index is 5.77. The van der Waals surface area contributed by atoms with Crippen molar-refractivity contribution in [3.63, 3.8) is 0 Å². The molecule has 0 atom stereocenters. The lowest BCUT2D eigenvalue weighted by molar-refractivity contribution is 0.554. The van der Waals surface area contributed by atoms with Crippen LogP contribution in [0.3, 0.4) is 0 Å². The minimum atomic E-state index is 0.735. The zero-order chi connectivity index (χ0) is 10.5. The fourth-order valence-corrected chi connectivity index (χ4v) is 2.12. The molecule has 2 heterocycles. The van der Waals surface area contributed by atoms with Crippen molar-refractivity contribution in [2.45, 2.75) is 13.1 Å². The molecule has 1 N–H and O–H groups in total. The van der Waals surface area contributed by atoms with E-state index in [1.807, 2.05) is 16.9 Å². The molecule has 0 saturated carbocycles. The minimum absolute atomic E-state index is 0.735. The molecule has 4 nitrogen and oxygen atoms in total. The Morgan fingerprint density at radius 3 is 3.13 bits per heavy atom. The Kier molecular flexibility index (Phi) is 3.71. The van der Waals surface area contributed by atoms with Gasteiger partial charge in [0.25, 0.3) is 0 Å². The van der Waals surface area contributed by atoms with Crippen molar-refractivity contribution in [2.75, 3.05) is 6.54 Å². The fraction of sp³-hybridized carbons (Fsp3) is 0.333. The number of nitrogens with zero attached hydrogens (tertiary/aromatic N) is 3. The number of hydrogen-bond acceptors (Lipinski definition) is 4. The molecule has 0 aliphatic carbocycles. The normalized spacial score (nSPS) is 10.7. The van der Waals surface area contributed by atoms with E-state index in [0.29, 0.717) is 0 Å². The van der Waals surface area contributed by atoms with Gasteiger partial charge in [0.15, 0.2) is 0 Å². The lowest BCUT2D eigenvalue weighted by atomic mass is 10.5. The summed E-state index contributed by atoms with van der Waals surface area (Å²) in [5.41, 5.74) is 0. The first-order chi connectivity index (χ1) is 7.34. The summed E-state index contributed by atoms with van der Waals surface area (Å²) in [6, 6.07) is 1.92. The zero-order valence-corrected chi connectivity index (χ0v) is 9.63. The highest BCUT2D eigenvalue weighted by molar-refractivity contribution is 7.15. The van der Waals surface area contributed by atoms with Gasteiger partial charge in [-0.15, -0.1) is 11.3 Å². The highest BCUT2D eigenvalue weighted by Crippen LogP contribution is 2.17. The van der Waals surface area contributed by atoms with Gasteiger partial charge in [0.1, 0.15) is 9.34 Å². The molecule has 0 saturated heterocycles. The van der Waals surface area contributed by atoms with Crippen LogP contribution < -0.4 is 5.32 Å². The van der Waals surface area contributed by atoms with E-state index in [9.17, 15) is 0 Å². The standard InChI is InChI=1S/C9H11ClN4S/c10-8-6-12-9(15-8)7-11-3-5-14-4-1-2-13-14/h1-2,4,6,11H,3,5,7H2. The van der Waals surface area contributed by atoms with Crippen LogP contribution in [0, 0.1) is 0 Å². The van der Waals surface area contributed by atoms with Crippen LogP contribution in [0.4, 0.5) is 0 Å². The lowest BCUT2D eigenvalue weighted by Crippen LogP contribution is -2.19. The topological polar surface area (TPSA) is 42.7 Å². The third-order valence-corrected chi connectivity index (χ3v) is 2.99. The molecule has 15 heavy (non-hydrogen) atoms. The van der Waals surface area contributed by atoms with E-state index in [0.717, 1.165) is 29.0 Å². The number of halogens is 1. The van der Waals surface area contributed by atoms with E-state index < -0.39 is 0 Å². The molecule has 0 unspecified atom stereocenters. The van der Waals surface area contributed by atoms with Crippen LogP contribution >= 0.6 is 22.9 Å². The molecule has 0 bridgehead atoms. The van der Waals surface area contributed by atoms with Crippen molar-refractivity contribution in [3.05, 3.63) is 34.0 Å². The summed E-state index contributed by atoms with van der Waals surface area (Å²) in [6.07, 6.45) is 5.40. The molecule has 0 radical (unpaired) electrons. The summed E-state index contributed by atoms with van der Waals surface area (Å²) < 4.78 is 2.63. The number of hydrogen-bond donors (Lipinski definition) is 1. The second-order valence-corrected chi connectivity index (χ2v) is 4.75. The van der Waals surface area contributed by atoms with Gasteiger partial charge < -0.3 is 5.32 Å². The maximum absolute atomic E-state index is 5.77. The highest BCUT2D eigenvalue weighted by Gasteiger charge is 1.98. The van der Waals surface area contributed by atoms with E-state index >= 15 is 0 Å². The first-order valence-electron chi connectivity index (χ1n) is 4.63. The van der Waals surface area contributed by atoms with Gasteiger partial charge in [0.05, 0.1) is 12.7 Å². The summed E-state index contributed by atoms with van der Waals surface area (Å²) >= 11 is 7.27. The Morgan fingerprint density at radius 1 is 1.53 bits per heavy atom. The molecule has 0 fully saturated rings. The smallest absolute Gasteiger partial charge is 0.113 e. The van der Waals surface area contributed by atoms with E-state index in [2.05, 4.69) is 15.4 Å². The predicted molar refractivity (Wildman–Crippen MR) is 61.1 cm³/mol. The summed E-state index contributed by atoms with van der Waals surface area (Å²) in [7, 11) is 0. The van der Waals surface area contributed by atoms with Gasteiger partial charge in [-0.3, -0.25) is 4.68 Å². The van der Waals surface area contributed by atoms with Crippen molar-refractivity contribution in [2.24, 2.45) is 0 Å². The molecular formula is C9H11ClN4S. The van der Waals surface area contributed by atoms with Crippen LogP contribution in [0.15, 0.2) is 24.7 Å².